The lowest BCUT2D eigenvalue weighted by molar-refractivity contribution is -0.0453. The van der Waals surface area contributed by atoms with Gasteiger partial charge in [0.2, 0.25) is 0 Å². The van der Waals surface area contributed by atoms with Gasteiger partial charge in [0.25, 0.3) is 0 Å². The molecule has 3 rings (SSSR count). The third-order valence-corrected chi connectivity index (χ3v) is 5.64. The molecule has 0 radical (unpaired) electrons. The van der Waals surface area contributed by atoms with Crippen LogP contribution in [-0.2, 0) is 10.3 Å². The van der Waals surface area contributed by atoms with Gasteiger partial charge in [0.05, 0.1) is 24.3 Å². The number of ether oxygens (including phenoxy) is 1. The normalized spacial score (nSPS) is 26.2. The highest BCUT2D eigenvalue weighted by Gasteiger charge is 2.43. The minimum atomic E-state index is -0.879. The summed E-state index contributed by atoms with van der Waals surface area (Å²) >= 11 is 5.94. The zero-order chi connectivity index (χ0) is 19.8. The van der Waals surface area contributed by atoms with Crippen LogP contribution in [0.15, 0.2) is 24.3 Å². The summed E-state index contributed by atoms with van der Waals surface area (Å²) in [5.41, 5.74) is -0.565. The van der Waals surface area contributed by atoms with E-state index >= 15 is 0 Å². The Bertz CT molecular complexity index is 666. The van der Waals surface area contributed by atoms with Crippen molar-refractivity contribution < 1.29 is 19.7 Å². The Balaban J connectivity index is 1.59. The van der Waals surface area contributed by atoms with Gasteiger partial charge in [-0.25, -0.2) is 4.79 Å². The summed E-state index contributed by atoms with van der Waals surface area (Å²) < 4.78 is 5.41. The molecule has 0 aromatic heterocycles. The maximum Gasteiger partial charge on any atom is 0.410 e. The first-order valence-corrected chi connectivity index (χ1v) is 9.84. The van der Waals surface area contributed by atoms with Gasteiger partial charge in [-0.15, -0.1) is 0 Å². The van der Waals surface area contributed by atoms with Crippen LogP contribution >= 0.6 is 11.6 Å². The molecular weight excluding hydrogens is 368 g/mol. The molecule has 7 heteroatoms. The van der Waals surface area contributed by atoms with E-state index in [0.29, 0.717) is 37.5 Å². The van der Waals surface area contributed by atoms with E-state index in [-0.39, 0.29) is 12.6 Å². The molecule has 1 amide bonds. The van der Waals surface area contributed by atoms with Gasteiger partial charge in [-0.3, -0.25) is 4.90 Å². The van der Waals surface area contributed by atoms with Crippen LogP contribution in [0, 0.1) is 0 Å². The molecule has 0 aliphatic carbocycles. The smallest absolute Gasteiger partial charge is 0.410 e. The number of nitrogens with zero attached hydrogens (tertiary/aromatic N) is 2. The van der Waals surface area contributed by atoms with E-state index in [2.05, 4.69) is 4.90 Å². The van der Waals surface area contributed by atoms with Gasteiger partial charge in [-0.2, -0.15) is 0 Å². The number of likely N-dealkylation sites (tertiary alicyclic amines) is 2. The fourth-order valence-corrected chi connectivity index (χ4v) is 4.00. The third kappa shape index (κ3) is 4.74. The molecule has 2 heterocycles. The second kappa shape index (κ2) is 7.59. The summed E-state index contributed by atoms with van der Waals surface area (Å²) in [6.45, 7) is 7.52. The number of hydrogen-bond acceptors (Lipinski definition) is 5. The standard InChI is InChI=1S/C20H29ClN2O4/c1-19(2,3)27-18(25)23-12-16(17(24)13-23)22-10-8-20(26,9-11-22)14-4-6-15(21)7-5-14/h4-7,16-17,24,26H,8-13H2,1-3H3/t16-,17-/m0/s1. The van der Waals surface area contributed by atoms with Crippen molar-refractivity contribution in [2.75, 3.05) is 26.2 Å². The van der Waals surface area contributed by atoms with Gasteiger partial charge < -0.3 is 19.8 Å². The predicted molar refractivity (Wildman–Crippen MR) is 104 cm³/mol. The Hall–Kier alpha value is -1.34. The Labute approximate surface area is 165 Å². The SMILES string of the molecule is CC(C)(C)OC(=O)N1C[C@H](O)[C@@H](N2CCC(O)(c3ccc(Cl)cc3)CC2)C1. The van der Waals surface area contributed by atoms with Gasteiger partial charge >= 0.3 is 6.09 Å². The van der Waals surface area contributed by atoms with Crippen LogP contribution in [0.2, 0.25) is 5.02 Å². The van der Waals surface area contributed by atoms with E-state index in [1.165, 1.54) is 0 Å². The molecule has 150 valence electrons. The van der Waals surface area contributed by atoms with Crippen molar-refractivity contribution >= 4 is 17.7 Å². The van der Waals surface area contributed by atoms with Crippen molar-refractivity contribution in [1.29, 1.82) is 0 Å². The summed E-state index contributed by atoms with van der Waals surface area (Å²) in [6.07, 6.45) is 0.146. The Morgan fingerprint density at radius 1 is 1.19 bits per heavy atom. The number of carbonyl (C=O) groups excluding carboxylic acids is 1. The topological polar surface area (TPSA) is 73.2 Å². The third-order valence-electron chi connectivity index (χ3n) is 5.39. The molecule has 1 aromatic rings. The van der Waals surface area contributed by atoms with Crippen molar-refractivity contribution in [2.24, 2.45) is 0 Å². The summed E-state index contributed by atoms with van der Waals surface area (Å²) in [7, 11) is 0. The average Bonchev–Trinajstić information content (AvgIpc) is 2.97. The Morgan fingerprint density at radius 3 is 2.33 bits per heavy atom. The van der Waals surface area contributed by atoms with Crippen molar-refractivity contribution in [3.8, 4) is 0 Å². The maximum absolute atomic E-state index is 12.3. The van der Waals surface area contributed by atoms with Crippen LogP contribution in [-0.4, -0.2) is 70.0 Å². The predicted octanol–water partition coefficient (Wildman–Crippen LogP) is 2.60. The molecule has 2 N–H and O–H groups in total. The summed E-state index contributed by atoms with van der Waals surface area (Å²) in [5, 5.41) is 22.1. The Morgan fingerprint density at radius 2 is 1.78 bits per heavy atom. The number of aliphatic hydroxyl groups is 2. The fraction of sp³-hybridized carbons (Fsp3) is 0.650. The van der Waals surface area contributed by atoms with Crippen molar-refractivity contribution in [2.45, 2.75) is 57.0 Å². The van der Waals surface area contributed by atoms with E-state index in [1.54, 1.807) is 17.0 Å². The monoisotopic (exact) mass is 396 g/mol. The van der Waals surface area contributed by atoms with E-state index in [4.69, 9.17) is 16.3 Å². The molecule has 6 nitrogen and oxygen atoms in total. The molecule has 1 aromatic carbocycles. The second-order valence-electron chi connectivity index (χ2n) is 8.59. The summed E-state index contributed by atoms with van der Waals surface area (Å²) in [6, 6.07) is 7.19. The average molecular weight is 397 g/mol. The number of piperidine rings is 1. The van der Waals surface area contributed by atoms with Gasteiger partial charge in [0.1, 0.15) is 5.60 Å². The lowest BCUT2D eigenvalue weighted by atomic mass is 9.84. The molecule has 0 bridgehead atoms. The number of aliphatic hydroxyl groups excluding tert-OH is 1. The number of rotatable bonds is 2. The number of halogens is 1. The summed E-state index contributed by atoms with van der Waals surface area (Å²) in [5.74, 6) is 0. The molecule has 27 heavy (non-hydrogen) atoms. The van der Waals surface area contributed by atoms with Gasteiger partial charge in [0, 0.05) is 24.7 Å². The zero-order valence-corrected chi connectivity index (χ0v) is 16.9. The second-order valence-corrected chi connectivity index (χ2v) is 9.03. The molecule has 2 saturated heterocycles. The van der Waals surface area contributed by atoms with Crippen LogP contribution < -0.4 is 0 Å². The number of benzene rings is 1. The molecule has 2 atom stereocenters. The molecule has 2 fully saturated rings. The number of carbonyl (C=O) groups is 1. The van der Waals surface area contributed by atoms with E-state index in [9.17, 15) is 15.0 Å². The first kappa shape index (κ1) is 20.4. The quantitative estimate of drug-likeness (QED) is 0.803. The van der Waals surface area contributed by atoms with Crippen LogP contribution in [0.25, 0.3) is 0 Å². The Kier molecular flexibility index (Phi) is 5.73. The molecule has 0 spiro atoms. The van der Waals surface area contributed by atoms with E-state index in [0.717, 1.165) is 5.56 Å². The minimum Gasteiger partial charge on any atom is -0.444 e. The number of hydrogen-bond donors (Lipinski definition) is 2. The van der Waals surface area contributed by atoms with E-state index < -0.39 is 23.4 Å². The van der Waals surface area contributed by atoms with Crippen molar-refractivity contribution in [3.05, 3.63) is 34.9 Å². The molecule has 0 unspecified atom stereocenters. The van der Waals surface area contributed by atoms with Crippen LogP contribution in [0.3, 0.4) is 0 Å². The van der Waals surface area contributed by atoms with Gasteiger partial charge in [-0.05, 0) is 51.3 Å². The highest BCUT2D eigenvalue weighted by Crippen LogP contribution is 2.35. The molecule has 0 saturated carbocycles. The van der Waals surface area contributed by atoms with Crippen LogP contribution in [0.5, 0.6) is 0 Å². The molecule has 2 aliphatic heterocycles. The summed E-state index contributed by atoms with van der Waals surface area (Å²) in [4.78, 5) is 16.0. The largest absolute Gasteiger partial charge is 0.444 e. The van der Waals surface area contributed by atoms with Crippen LogP contribution in [0.4, 0.5) is 4.79 Å². The fourth-order valence-electron chi connectivity index (χ4n) is 3.88. The first-order valence-electron chi connectivity index (χ1n) is 9.46. The highest BCUT2D eigenvalue weighted by atomic mass is 35.5. The first-order chi connectivity index (χ1) is 12.6. The number of amides is 1. The van der Waals surface area contributed by atoms with Gasteiger partial charge in [0.15, 0.2) is 0 Å². The zero-order valence-electron chi connectivity index (χ0n) is 16.2. The van der Waals surface area contributed by atoms with Crippen molar-refractivity contribution in [1.82, 2.24) is 9.80 Å². The highest BCUT2D eigenvalue weighted by molar-refractivity contribution is 6.30. The molecule has 2 aliphatic rings. The number of β-amino-alcohol motifs (C(OH)–C–C–N with tert-alkyl or cyclic N) is 1. The van der Waals surface area contributed by atoms with Crippen LogP contribution in [0.1, 0.15) is 39.2 Å². The van der Waals surface area contributed by atoms with Crippen molar-refractivity contribution in [3.63, 3.8) is 0 Å². The van der Waals surface area contributed by atoms with E-state index in [1.807, 2.05) is 32.9 Å². The minimum absolute atomic E-state index is 0.132. The molecular formula is C20H29ClN2O4. The maximum atomic E-state index is 12.3. The van der Waals surface area contributed by atoms with Gasteiger partial charge in [-0.1, -0.05) is 23.7 Å². The lowest BCUT2D eigenvalue weighted by Crippen LogP contribution is -2.51. The lowest BCUT2D eigenvalue weighted by Gasteiger charge is -2.41.